The van der Waals surface area contributed by atoms with Gasteiger partial charge >= 0.3 is 6.03 Å². The van der Waals surface area contributed by atoms with Crippen molar-refractivity contribution in [3.63, 3.8) is 0 Å². The fourth-order valence-electron chi connectivity index (χ4n) is 1.83. The van der Waals surface area contributed by atoms with Gasteiger partial charge in [0.05, 0.1) is 0 Å². The summed E-state index contributed by atoms with van der Waals surface area (Å²) in [6.07, 6.45) is 1.86. The van der Waals surface area contributed by atoms with Crippen LogP contribution in [0.3, 0.4) is 0 Å². The molecule has 1 saturated heterocycles. The molecule has 0 aromatic heterocycles. The van der Waals surface area contributed by atoms with Crippen LogP contribution < -0.4 is 11.1 Å². The monoisotopic (exact) mass is 247 g/mol. The molecule has 2 amide bonds. The van der Waals surface area contributed by atoms with Crippen LogP contribution in [-0.2, 0) is 10.8 Å². The Labute approximate surface area is 99.2 Å². The highest BCUT2D eigenvalue weighted by Gasteiger charge is 2.20. The van der Waals surface area contributed by atoms with Crippen molar-refractivity contribution in [1.29, 1.82) is 0 Å². The second kappa shape index (κ2) is 6.85. The zero-order valence-corrected chi connectivity index (χ0v) is 10.6. The molecule has 0 bridgehead atoms. The summed E-state index contributed by atoms with van der Waals surface area (Å²) >= 11 is 0. The Balaban J connectivity index is 2.13. The third-order valence-corrected chi connectivity index (χ3v) is 4.19. The molecule has 0 radical (unpaired) electrons. The number of nitrogens with two attached hydrogens (primary N) is 1. The average molecular weight is 247 g/mol. The van der Waals surface area contributed by atoms with Gasteiger partial charge in [-0.2, -0.15) is 0 Å². The Hall–Kier alpha value is -0.620. The molecule has 6 heteroatoms. The normalized spacial score (nSPS) is 19.7. The number of amides is 2. The summed E-state index contributed by atoms with van der Waals surface area (Å²) in [5.41, 5.74) is 5.20. The van der Waals surface area contributed by atoms with Crippen molar-refractivity contribution < 1.29 is 9.00 Å². The van der Waals surface area contributed by atoms with Gasteiger partial charge in [-0.05, 0) is 12.8 Å². The molecule has 3 N–H and O–H groups in total. The number of hydrogen-bond acceptors (Lipinski definition) is 3. The third kappa shape index (κ3) is 4.49. The van der Waals surface area contributed by atoms with Crippen molar-refractivity contribution in [1.82, 2.24) is 10.2 Å². The maximum Gasteiger partial charge on any atom is 0.314 e. The number of piperidine rings is 1. The van der Waals surface area contributed by atoms with E-state index in [0.29, 0.717) is 11.8 Å². The van der Waals surface area contributed by atoms with Crippen molar-refractivity contribution >= 4 is 16.8 Å². The van der Waals surface area contributed by atoms with Crippen molar-refractivity contribution in [2.24, 2.45) is 5.73 Å². The number of hydrogen-bond donors (Lipinski definition) is 2. The highest BCUT2D eigenvalue weighted by molar-refractivity contribution is 7.84. The smallest absolute Gasteiger partial charge is 0.314 e. The lowest BCUT2D eigenvalue weighted by atomic mass is 10.1. The average Bonchev–Trinajstić information content (AvgIpc) is 2.29. The van der Waals surface area contributed by atoms with Crippen LogP contribution >= 0.6 is 0 Å². The number of carbonyl (C=O) groups excluding carboxylic acids is 1. The lowest BCUT2D eigenvalue weighted by molar-refractivity contribution is 0.186. The van der Waals surface area contributed by atoms with Crippen LogP contribution in [0.5, 0.6) is 0 Å². The first-order chi connectivity index (χ1) is 7.63. The molecule has 1 heterocycles. The first kappa shape index (κ1) is 13.4. The zero-order valence-electron chi connectivity index (χ0n) is 9.78. The number of nitrogens with one attached hydrogen (secondary N) is 1. The topological polar surface area (TPSA) is 75.4 Å². The minimum absolute atomic E-state index is 0.328. The van der Waals surface area contributed by atoms with Gasteiger partial charge in [0.2, 0.25) is 0 Å². The Morgan fingerprint density at radius 2 is 2.12 bits per heavy atom. The fourth-order valence-corrected chi connectivity index (χ4v) is 2.46. The van der Waals surface area contributed by atoms with Crippen LogP contribution in [0, 0.1) is 0 Å². The van der Waals surface area contributed by atoms with Crippen LogP contribution in [0.1, 0.15) is 19.8 Å². The quantitative estimate of drug-likeness (QED) is 0.711. The number of rotatable bonds is 5. The molecule has 0 spiro atoms. The Kier molecular flexibility index (Phi) is 5.76. The molecule has 0 aliphatic carbocycles. The summed E-state index contributed by atoms with van der Waals surface area (Å²) in [7, 11) is -0.693. The summed E-state index contributed by atoms with van der Waals surface area (Å²) in [6.45, 7) is 4.18. The number of primary amides is 1. The summed E-state index contributed by atoms with van der Waals surface area (Å²) < 4.78 is 11.2. The molecule has 0 aromatic rings. The first-order valence-corrected chi connectivity index (χ1v) is 7.25. The van der Waals surface area contributed by atoms with Gasteiger partial charge < -0.3 is 16.0 Å². The molecule has 0 aromatic carbocycles. The number of likely N-dealkylation sites (tertiary alicyclic amines) is 1. The molecule has 1 fully saturated rings. The Bertz CT molecular complexity index is 252. The van der Waals surface area contributed by atoms with E-state index in [1.54, 1.807) is 4.90 Å². The SMILES string of the molecule is CCS(=O)CCNC1CCN(C(N)=O)CC1. The molecule has 5 nitrogen and oxygen atoms in total. The van der Waals surface area contributed by atoms with Gasteiger partial charge in [0.25, 0.3) is 0 Å². The highest BCUT2D eigenvalue weighted by atomic mass is 32.2. The molecule has 0 saturated carbocycles. The lowest BCUT2D eigenvalue weighted by Gasteiger charge is -2.31. The molecule has 1 aliphatic heterocycles. The van der Waals surface area contributed by atoms with Crippen LogP contribution in [-0.4, -0.2) is 52.3 Å². The van der Waals surface area contributed by atoms with Crippen LogP contribution in [0.25, 0.3) is 0 Å². The van der Waals surface area contributed by atoms with Crippen LogP contribution in [0.4, 0.5) is 4.79 Å². The van der Waals surface area contributed by atoms with Gasteiger partial charge in [-0.15, -0.1) is 0 Å². The van der Waals surface area contributed by atoms with E-state index in [4.69, 9.17) is 5.73 Å². The number of carbonyl (C=O) groups is 1. The molecule has 1 unspecified atom stereocenters. The predicted octanol–water partition coefficient (Wildman–Crippen LogP) is -0.112. The van der Waals surface area contributed by atoms with E-state index in [1.807, 2.05) is 6.92 Å². The van der Waals surface area contributed by atoms with Gasteiger partial charge in [-0.3, -0.25) is 4.21 Å². The summed E-state index contributed by atoms with van der Waals surface area (Å²) in [4.78, 5) is 12.6. The number of nitrogens with zero attached hydrogens (tertiary/aromatic N) is 1. The highest BCUT2D eigenvalue weighted by Crippen LogP contribution is 2.09. The van der Waals surface area contributed by atoms with E-state index >= 15 is 0 Å². The molecule has 1 rings (SSSR count). The Morgan fingerprint density at radius 1 is 1.50 bits per heavy atom. The largest absolute Gasteiger partial charge is 0.351 e. The zero-order chi connectivity index (χ0) is 12.0. The van der Waals surface area contributed by atoms with E-state index in [-0.39, 0.29) is 6.03 Å². The maximum atomic E-state index is 11.2. The van der Waals surface area contributed by atoms with E-state index in [1.165, 1.54) is 0 Å². The second-order valence-electron chi connectivity index (χ2n) is 3.99. The molecular weight excluding hydrogens is 226 g/mol. The van der Waals surface area contributed by atoms with Gasteiger partial charge in [-0.25, -0.2) is 4.79 Å². The summed E-state index contributed by atoms with van der Waals surface area (Å²) in [6, 6.07) is 0.106. The number of urea groups is 1. The summed E-state index contributed by atoms with van der Waals surface area (Å²) in [5.74, 6) is 1.44. The fraction of sp³-hybridized carbons (Fsp3) is 0.900. The lowest BCUT2D eigenvalue weighted by Crippen LogP contribution is -2.47. The van der Waals surface area contributed by atoms with Crippen molar-refractivity contribution in [3.8, 4) is 0 Å². The minimum Gasteiger partial charge on any atom is -0.351 e. The summed E-state index contributed by atoms with van der Waals surface area (Å²) in [5, 5.41) is 3.37. The second-order valence-corrected chi connectivity index (χ2v) is 5.85. The van der Waals surface area contributed by atoms with E-state index in [0.717, 1.165) is 38.2 Å². The Morgan fingerprint density at radius 3 is 2.62 bits per heavy atom. The molecule has 94 valence electrons. The van der Waals surface area contributed by atoms with E-state index in [9.17, 15) is 9.00 Å². The standard InChI is InChI=1S/C10H21N3O2S/c1-2-16(15)8-5-12-9-3-6-13(7-4-9)10(11)14/h9,12H,2-8H2,1H3,(H2,11,14). The van der Waals surface area contributed by atoms with Crippen molar-refractivity contribution in [3.05, 3.63) is 0 Å². The van der Waals surface area contributed by atoms with Gasteiger partial charge in [-0.1, -0.05) is 6.92 Å². The first-order valence-electron chi connectivity index (χ1n) is 5.76. The van der Waals surface area contributed by atoms with Crippen LogP contribution in [0.15, 0.2) is 0 Å². The predicted molar refractivity (Wildman–Crippen MR) is 65.7 cm³/mol. The van der Waals surface area contributed by atoms with Gasteiger partial charge in [0.15, 0.2) is 0 Å². The molecule has 1 aliphatic rings. The van der Waals surface area contributed by atoms with Gasteiger partial charge in [0.1, 0.15) is 0 Å². The third-order valence-electron chi connectivity index (χ3n) is 2.89. The maximum absolute atomic E-state index is 11.2. The minimum atomic E-state index is -0.693. The molecule has 16 heavy (non-hydrogen) atoms. The molecule has 1 atom stereocenters. The van der Waals surface area contributed by atoms with E-state index < -0.39 is 10.8 Å². The molecular formula is C10H21N3O2S. The van der Waals surface area contributed by atoms with Crippen LogP contribution in [0.2, 0.25) is 0 Å². The van der Waals surface area contributed by atoms with Crippen molar-refractivity contribution in [2.75, 3.05) is 31.1 Å². The van der Waals surface area contributed by atoms with E-state index in [2.05, 4.69) is 5.32 Å². The van der Waals surface area contributed by atoms with Gasteiger partial charge in [0, 0.05) is 48.0 Å². The van der Waals surface area contributed by atoms with Crippen molar-refractivity contribution in [2.45, 2.75) is 25.8 Å².